The maximum Gasteiger partial charge on any atom is 0.271 e. The van der Waals surface area contributed by atoms with E-state index in [2.05, 4.69) is 5.10 Å². The van der Waals surface area contributed by atoms with E-state index in [1.165, 1.54) is 35.1 Å². The second-order valence-corrected chi connectivity index (χ2v) is 9.16. The number of nitrogens with zero attached hydrogens (tertiary/aromatic N) is 2. The summed E-state index contributed by atoms with van der Waals surface area (Å²) in [6.07, 6.45) is 5.57. The van der Waals surface area contributed by atoms with Gasteiger partial charge < -0.3 is 0 Å². The first kappa shape index (κ1) is 18.6. The van der Waals surface area contributed by atoms with Gasteiger partial charge in [-0.05, 0) is 66.6 Å². The van der Waals surface area contributed by atoms with Crippen molar-refractivity contribution in [2.45, 2.75) is 24.2 Å². The number of benzene rings is 2. The molecule has 0 aliphatic heterocycles. The van der Waals surface area contributed by atoms with Crippen LogP contribution >= 0.6 is 0 Å². The maximum atomic E-state index is 13.4. The van der Waals surface area contributed by atoms with Gasteiger partial charge in [0.25, 0.3) is 5.56 Å². The lowest BCUT2D eigenvalue weighted by atomic mass is 9.98. The number of sulfone groups is 1. The Bertz CT molecular complexity index is 1200. The van der Waals surface area contributed by atoms with Crippen LogP contribution in [-0.4, -0.2) is 24.5 Å². The summed E-state index contributed by atoms with van der Waals surface area (Å²) in [5, 5.41) is 4.13. The largest absolute Gasteiger partial charge is 0.271 e. The third-order valence-electron chi connectivity index (χ3n) is 4.88. The molecule has 28 heavy (non-hydrogen) atoms. The Hall–Kier alpha value is -2.80. The predicted molar refractivity (Wildman–Crippen MR) is 105 cm³/mol. The van der Waals surface area contributed by atoms with Gasteiger partial charge in [0.1, 0.15) is 5.82 Å². The first-order valence-corrected chi connectivity index (χ1v) is 10.9. The molecule has 0 amide bonds. The SMILES string of the molecule is CS(=O)(=O)c1cc(-n2ncccc2=O)c(CC2CC2)cc1-c1ccc(F)cc1. The molecule has 1 aliphatic carbocycles. The molecule has 144 valence electrons. The normalized spacial score (nSPS) is 14.2. The Morgan fingerprint density at radius 2 is 1.86 bits per heavy atom. The van der Waals surface area contributed by atoms with Crippen LogP contribution in [0.5, 0.6) is 0 Å². The number of hydrogen-bond acceptors (Lipinski definition) is 4. The lowest BCUT2D eigenvalue weighted by molar-refractivity contribution is 0.602. The topological polar surface area (TPSA) is 69.0 Å². The van der Waals surface area contributed by atoms with E-state index in [1.54, 1.807) is 24.3 Å². The average molecular weight is 398 g/mol. The van der Waals surface area contributed by atoms with Crippen molar-refractivity contribution in [1.82, 2.24) is 9.78 Å². The Kier molecular flexibility index (Phi) is 4.63. The molecule has 3 aromatic rings. The molecule has 4 rings (SSSR count). The third kappa shape index (κ3) is 3.75. The zero-order chi connectivity index (χ0) is 19.9. The Balaban J connectivity index is 2.00. The standard InChI is InChI=1S/C21H19FN2O3S/c1-28(26,27)20-13-19(24-21(25)3-2-10-23-24)16(11-14-4-5-14)12-18(20)15-6-8-17(22)9-7-15/h2-3,6-10,12-14H,4-5,11H2,1H3. The van der Waals surface area contributed by atoms with Gasteiger partial charge in [-0.1, -0.05) is 12.1 Å². The fourth-order valence-electron chi connectivity index (χ4n) is 3.31. The zero-order valence-electron chi connectivity index (χ0n) is 15.3. The van der Waals surface area contributed by atoms with Crippen molar-refractivity contribution >= 4 is 9.84 Å². The van der Waals surface area contributed by atoms with Crippen LogP contribution in [0.15, 0.2) is 64.4 Å². The predicted octanol–water partition coefficient (Wildman–Crippen LogP) is 3.39. The number of aromatic nitrogens is 2. The third-order valence-corrected chi connectivity index (χ3v) is 6.02. The van der Waals surface area contributed by atoms with Crippen molar-refractivity contribution < 1.29 is 12.8 Å². The lowest BCUT2D eigenvalue weighted by Crippen LogP contribution is -2.21. The Morgan fingerprint density at radius 3 is 2.46 bits per heavy atom. The van der Waals surface area contributed by atoms with Crippen LogP contribution in [0.2, 0.25) is 0 Å². The molecule has 0 unspecified atom stereocenters. The van der Waals surface area contributed by atoms with Crippen LogP contribution in [-0.2, 0) is 16.3 Å². The highest BCUT2D eigenvalue weighted by Crippen LogP contribution is 2.37. The highest BCUT2D eigenvalue weighted by Gasteiger charge is 2.26. The molecule has 1 heterocycles. The number of halogens is 1. The van der Waals surface area contributed by atoms with Crippen LogP contribution < -0.4 is 5.56 Å². The smallest absolute Gasteiger partial charge is 0.267 e. The van der Waals surface area contributed by atoms with Gasteiger partial charge in [-0.25, -0.2) is 12.8 Å². The summed E-state index contributed by atoms with van der Waals surface area (Å²) in [7, 11) is -3.60. The summed E-state index contributed by atoms with van der Waals surface area (Å²) in [4.78, 5) is 12.4. The number of rotatable bonds is 5. The minimum absolute atomic E-state index is 0.0891. The molecule has 1 saturated carbocycles. The highest BCUT2D eigenvalue weighted by molar-refractivity contribution is 7.90. The first-order chi connectivity index (χ1) is 13.3. The second-order valence-electron chi connectivity index (χ2n) is 7.18. The summed E-state index contributed by atoms with van der Waals surface area (Å²) in [5.41, 5.74) is 2.12. The fraction of sp³-hybridized carbons (Fsp3) is 0.238. The molecule has 0 radical (unpaired) electrons. The van der Waals surface area contributed by atoms with Crippen LogP contribution in [0, 0.1) is 11.7 Å². The quantitative estimate of drug-likeness (QED) is 0.661. The maximum absolute atomic E-state index is 13.4. The second kappa shape index (κ2) is 6.98. The molecular formula is C21H19FN2O3S. The molecule has 2 aromatic carbocycles. The van der Waals surface area contributed by atoms with Crippen LogP contribution in [0.1, 0.15) is 18.4 Å². The molecule has 1 fully saturated rings. The van der Waals surface area contributed by atoms with Crippen LogP contribution in [0.3, 0.4) is 0 Å². The van der Waals surface area contributed by atoms with E-state index < -0.39 is 9.84 Å². The summed E-state index contributed by atoms with van der Waals surface area (Å²) in [6.45, 7) is 0. The molecule has 7 heteroatoms. The Morgan fingerprint density at radius 1 is 1.14 bits per heavy atom. The first-order valence-electron chi connectivity index (χ1n) is 9.00. The average Bonchev–Trinajstić information content (AvgIpc) is 3.46. The van der Waals surface area contributed by atoms with Gasteiger partial charge in [0.2, 0.25) is 0 Å². The summed E-state index contributed by atoms with van der Waals surface area (Å²) in [6, 6.07) is 12.0. The van der Waals surface area contributed by atoms with Crippen molar-refractivity contribution in [3.63, 3.8) is 0 Å². The van der Waals surface area contributed by atoms with Crippen molar-refractivity contribution in [3.05, 3.63) is 76.5 Å². The van der Waals surface area contributed by atoms with Gasteiger partial charge in [-0.2, -0.15) is 9.78 Å². The fourth-order valence-corrected chi connectivity index (χ4v) is 4.21. The van der Waals surface area contributed by atoms with Crippen molar-refractivity contribution in [2.75, 3.05) is 6.26 Å². The highest BCUT2D eigenvalue weighted by atomic mass is 32.2. The van der Waals surface area contributed by atoms with Gasteiger partial charge in [-0.3, -0.25) is 4.79 Å². The van der Waals surface area contributed by atoms with E-state index in [-0.39, 0.29) is 16.3 Å². The van der Waals surface area contributed by atoms with Crippen molar-refractivity contribution in [1.29, 1.82) is 0 Å². The van der Waals surface area contributed by atoms with Gasteiger partial charge in [-0.15, -0.1) is 0 Å². The minimum Gasteiger partial charge on any atom is -0.267 e. The summed E-state index contributed by atoms with van der Waals surface area (Å²) < 4.78 is 39.7. The van der Waals surface area contributed by atoms with Gasteiger partial charge in [0, 0.05) is 24.1 Å². The zero-order valence-corrected chi connectivity index (χ0v) is 16.1. The van der Waals surface area contributed by atoms with E-state index in [9.17, 15) is 17.6 Å². The van der Waals surface area contributed by atoms with Crippen molar-refractivity contribution in [2.24, 2.45) is 5.92 Å². The molecule has 0 saturated heterocycles. The van der Waals surface area contributed by atoms with E-state index in [4.69, 9.17) is 0 Å². The summed E-state index contributed by atoms with van der Waals surface area (Å²) in [5.74, 6) is 0.128. The molecule has 0 atom stereocenters. The van der Waals surface area contributed by atoms with E-state index in [1.807, 2.05) is 0 Å². The molecule has 5 nitrogen and oxygen atoms in total. The molecule has 0 spiro atoms. The minimum atomic E-state index is -3.60. The Labute approximate surface area is 162 Å². The van der Waals surface area contributed by atoms with Crippen LogP contribution in [0.4, 0.5) is 4.39 Å². The monoisotopic (exact) mass is 398 g/mol. The van der Waals surface area contributed by atoms with Gasteiger partial charge in [0.05, 0.1) is 10.6 Å². The van der Waals surface area contributed by atoms with Gasteiger partial charge >= 0.3 is 0 Å². The van der Waals surface area contributed by atoms with Crippen LogP contribution in [0.25, 0.3) is 16.8 Å². The van der Waals surface area contributed by atoms with E-state index >= 15 is 0 Å². The molecular weight excluding hydrogens is 379 g/mol. The van der Waals surface area contributed by atoms with E-state index in [0.717, 1.165) is 31.1 Å². The van der Waals surface area contributed by atoms with Crippen molar-refractivity contribution in [3.8, 4) is 16.8 Å². The molecule has 1 aliphatic rings. The molecule has 0 N–H and O–H groups in total. The van der Waals surface area contributed by atoms with Gasteiger partial charge in [0.15, 0.2) is 9.84 Å². The number of hydrogen-bond donors (Lipinski definition) is 0. The lowest BCUT2D eigenvalue weighted by Gasteiger charge is -2.16. The van der Waals surface area contributed by atoms with E-state index in [0.29, 0.717) is 22.7 Å². The summed E-state index contributed by atoms with van der Waals surface area (Å²) >= 11 is 0. The molecule has 0 bridgehead atoms. The molecule has 1 aromatic heterocycles.